The van der Waals surface area contributed by atoms with E-state index in [-0.39, 0.29) is 18.2 Å². The smallest absolute Gasteiger partial charge is 0.287 e. The lowest BCUT2D eigenvalue weighted by Gasteiger charge is -2.07. The van der Waals surface area contributed by atoms with E-state index in [0.717, 1.165) is 11.3 Å². The van der Waals surface area contributed by atoms with Crippen molar-refractivity contribution in [3.05, 3.63) is 52.4 Å². The number of ether oxygens (including phenoxy) is 1. The number of amides is 2. The number of nitrogens with one attached hydrogen (secondary N) is 2. The summed E-state index contributed by atoms with van der Waals surface area (Å²) < 4.78 is 10.6. The highest BCUT2D eigenvalue weighted by Crippen LogP contribution is 2.13. The van der Waals surface area contributed by atoms with Gasteiger partial charge in [0.1, 0.15) is 5.75 Å². The topological polar surface area (TPSA) is 80.6 Å². The van der Waals surface area contributed by atoms with Crippen molar-refractivity contribution in [1.82, 2.24) is 10.6 Å². The van der Waals surface area contributed by atoms with Crippen molar-refractivity contribution in [2.24, 2.45) is 0 Å². The normalized spacial score (nSPS) is 10.2. The van der Waals surface area contributed by atoms with Crippen LogP contribution in [-0.2, 0) is 11.2 Å². The summed E-state index contributed by atoms with van der Waals surface area (Å²) in [6.07, 6.45) is 0.703. The lowest BCUT2D eigenvalue weighted by Crippen LogP contribution is -2.37. The third-order valence-electron chi connectivity index (χ3n) is 3.10. The standard InChI is InChI=1S/C16H17BrN2O4/c1-22-12-4-2-11(3-5-12)8-9-18-15(20)10-19-16(21)13-6-7-14(17)23-13/h2-7H,8-10H2,1H3,(H,18,20)(H,19,21). The Balaban J connectivity index is 1.67. The monoisotopic (exact) mass is 380 g/mol. The molecule has 6 nitrogen and oxygen atoms in total. The quantitative estimate of drug-likeness (QED) is 0.770. The van der Waals surface area contributed by atoms with Gasteiger partial charge in [-0.25, -0.2) is 0 Å². The van der Waals surface area contributed by atoms with Gasteiger partial charge in [-0.1, -0.05) is 12.1 Å². The van der Waals surface area contributed by atoms with E-state index in [0.29, 0.717) is 17.6 Å². The molecule has 0 saturated heterocycles. The lowest BCUT2D eigenvalue weighted by atomic mass is 10.1. The van der Waals surface area contributed by atoms with Gasteiger partial charge in [0.2, 0.25) is 5.91 Å². The molecule has 0 spiro atoms. The molecule has 1 heterocycles. The summed E-state index contributed by atoms with van der Waals surface area (Å²) in [5.41, 5.74) is 1.09. The first-order valence-electron chi connectivity index (χ1n) is 7.01. The summed E-state index contributed by atoms with van der Waals surface area (Å²) in [5, 5.41) is 5.24. The summed E-state index contributed by atoms with van der Waals surface area (Å²) in [4.78, 5) is 23.4. The number of hydrogen-bond acceptors (Lipinski definition) is 4. The fourth-order valence-electron chi connectivity index (χ4n) is 1.88. The van der Waals surface area contributed by atoms with Crippen molar-refractivity contribution in [2.75, 3.05) is 20.2 Å². The summed E-state index contributed by atoms with van der Waals surface area (Å²) in [6, 6.07) is 10.8. The number of carbonyl (C=O) groups excluding carboxylic acids is 2. The molecule has 2 N–H and O–H groups in total. The maximum Gasteiger partial charge on any atom is 0.287 e. The zero-order valence-electron chi connectivity index (χ0n) is 12.6. The molecule has 0 fully saturated rings. The fourth-order valence-corrected chi connectivity index (χ4v) is 2.19. The van der Waals surface area contributed by atoms with Crippen molar-refractivity contribution in [1.29, 1.82) is 0 Å². The molecule has 122 valence electrons. The first kappa shape index (κ1) is 17.1. The van der Waals surface area contributed by atoms with Crippen LogP contribution >= 0.6 is 15.9 Å². The number of methoxy groups -OCH3 is 1. The molecule has 0 bridgehead atoms. The zero-order valence-corrected chi connectivity index (χ0v) is 14.2. The first-order chi connectivity index (χ1) is 11.1. The van der Waals surface area contributed by atoms with E-state index in [2.05, 4.69) is 26.6 Å². The molecule has 1 aromatic carbocycles. The number of furan rings is 1. The molecule has 0 unspecified atom stereocenters. The van der Waals surface area contributed by atoms with Crippen LogP contribution in [0.2, 0.25) is 0 Å². The van der Waals surface area contributed by atoms with Crippen molar-refractivity contribution in [2.45, 2.75) is 6.42 Å². The second-order valence-electron chi connectivity index (χ2n) is 4.73. The van der Waals surface area contributed by atoms with Crippen molar-refractivity contribution < 1.29 is 18.7 Å². The van der Waals surface area contributed by atoms with Gasteiger partial charge in [0.25, 0.3) is 5.91 Å². The van der Waals surface area contributed by atoms with Gasteiger partial charge in [0, 0.05) is 6.54 Å². The molecule has 7 heteroatoms. The van der Waals surface area contributed by atoms with Crippen LogP contribution in [0.4, 0.5) is 0 Å². The van der Waals surface area contributed by atoms with Crippen molar-refractivity contribution >= 4 is 27.7 Å². The SMILES string of the molecule is COc1ccc(CCNC(=O)CNC(=O)c2ccc(Br)o2)cc1. The third kappa shape index (κ3) is 5.45. The summed E-state index contributed by atoms with van der Waals surface area (Å²) in [5.74, 6) is 0.270. The van der Waals surface area contributed by atoms with Crippen LogP contribution < -0.4 is 15.4 Å². The van der Waals surface area contributed by atoms with Gasteiger partial charge in [0.05, 0.1) is 13.7 Å². The first-order valence-corrected chi connectivity index (χ1v) is 7.81. The van der Waals surface area contributed by atoms with E-state index in [4.69, 9.17) is 9.15 Å². The summed E-state index contributed by atoms with van der Waals surface area (Å²) in [6.45, 7) is 0.396. The Morgan fingerprint density at radius 2 is 1.87 bits per heavy atom. The van der Waals surface area contributed by atoms with E-state index in [1.54, 1.807) is 13.2 Å². The van der Waals surface area contributed by atoms with Gasteiger partial charge in [-0.05, 0) is 52.2 Å². The molecule has 0 aliphatic carbocycles. The minimum absolute atomic E-state index is 0.0975. The molecular formula is C16H17BrN2O4. The Morgan fingerprint density at radius 1 is 1.13 bits per heavy atom. The molecule has 1 aromatic heterocycles. The van der Waals surface area contributed by atoms with Crippen LogP contribution in [0.1, 0.15) is 16.1 Å². The lowest BCUT2D eigenvalue weighted by molar-refractivity contribution is -0.120. The minimum atomic E-state index is -0.430. The second-order valence-corrected chi connectivity index (χ2v) is 5.52. The van der Waals surface area contributed by atoms with Crippen LogP contribution in [0.15, 0.2) is 45.5 Å². The molecule has 2 amide bonds. The van der Waals surface area contributed by atoms with Crippen LogP contribution in [0.25, 0.3) is 0 Å². The highest BCUT2D eigenvalue weighted by molar-refractivity contribution is 9.10. The fraction of sp³-hybridized carbons (Fsp3) is 0.250. The van der Waals surface area contributed by atoms with Crippen LogP contribution in [-0.4, -0.2) is 32.0 Å². The van der Waals surface area contributed by atoms with Gasteiger partial charge in [-0.2, -0.15) is 0 Å². The number of rotatable bonds is 7. The van der Waals surface area contributed by atoms with Gasteiger partial charge >= 0.3 is 0 Å². The van der Waals surface area contributed by atoms with Crippen LogP contribution in [0, 0.1) is 0 Å². The largest absolute Gasteiger partial charge is 0.497 e. The van der Waals surface area contributed by atoms with E-state index < -0.39 is 5.91 Å². The van der Waals surface area contributed by atoms with E-state index in [9.17, 15) is 9.59 Å². The number of hydrogen-bond donors (Lipinski definition) is 2. The van der Waals surface area contributed by atoms with E-state index in [1.165, 1.54) is 6.07 Å². The molecule has 0 aliphatic rings. The Morgan fingerprint density at radius 3 is 2.48 bits per heavy atom. The maximum absolute atomic E-state index is 11.7. The van der Waals surface area contributed by atoms with Gasteiger partial charge in [-0.15, -0.1) is 0 Å². The summed E-state index contributed by atoms with van der Waals surface area (Å²) in [7, 11) is 1.62. The maximum atomic E-state index is 11.7. The van der Waals surface area contributed by atoms with E-state index >= 15 is 0 Å². The molecule has 0 radical (unpaired) electrons. The van der Waals surface area contributed by atoms with Crippen molar-refractivity contribution in [3.8, 4) is 5.75 Å². The average molecular weight is 381 g/mol. The average Bonchev–Trinajstić information content (AvgIpc) is 3.00. The molecule has 2 rings (SSSR count). The predicted octanol–water partition coefficient (Wildman–Crippen LogP) is 2.14. The highest BCUT2D eigenvalue weighted by Gasteiger charge is 2.11. The van der Waals surface area contributed by atoms with Gasteiger partial charge < -0.3 is 19.8 Å². The molecular weight excluding hydrogens is 364 g/mol. The molecule has 23 heavy (non-hydrogen) atoms. The van der Waals surface area contributed by atoms with Crippen LogP contribution in [0.3, 0.4) is 0 Å². The molecule has 0 atom stereocenters. The number of halogens is 1. The third-order valence-corrected chi connectivity index (χ3v) is 3.53. The predicted molar refractivity (Wildman–Crippen MR) is 88.4 cm³/mol. The Labute approximate surface area is 142 Å². The van der Waals surface area contributed by atoms with Gasteiger partial charge in [0.15, 0.2) is 10.4 Å². The second kappa shape index (κ2) is 8.38. The number of benzene rings is 1. The Kier molecular flexibility index (Phi) is 6.22. The molecule has 0 saturated carbocycles. The number of carbonyl (C=O) groups is 2. The molecule has 2 aromatic rings. The Hall–Kier alpha value is -2.28. The van der Waals surface area contributed by atoms with Crippen LogP contribution in [0.5, 0.6) is 5.75 Å². The zero-order chi connectivity index (χ0) is 16.7. The van der Waals surface area contributed by atoms with Gasteiger partial charge in [-0.3, -0.25) is 9.59 Å². The van der Waals surface area contributed by atoms with E-state index in [1.807, 2.05) is 24.3 Å². The highest BCUT2D eigenvalue weighted by atomic mass is 79.9. The van der Waals surface area contributed by atoms with Crippen molar-refractivity contribution in [3.63, 3.8) is 0 Å². The minimum Gasteiger partial charge on any atom is -0.497 e. The summed E-state index contributed by atoms with van der Waals surface area (Å²) >= 11 is 3.11. The molecule has 0 aliphatic heterocycles. The Bertz CT molecular complexity index is 667.